The van der Waals surface area contributed by atoms with E-state index in [1.165, 1.54) is 0 Å². The molecule has 1 aliphatic rings. The van der Waals surface area contributed by atoms with Crippen LogP contribution in [0.25, 0.3) is 0 Å². The predicted octanol–water partition coefficient (Wildman–Crippen LogP) is 1.79. The van der Waals surface area contributed by atoms with Crippen LogP contribution in [0.15, 0.2) is 12.2 Å². The molecule has 0 fully saturated rings. The van der Waals surface area contributed by atoms with Gasteiger partial charge in [0, 0.05) is 0 Å². The smallest absolute Gasteiger partial charge is 0.00762 e. The van der Waals surface area contributed by atoms with Crippen LogP contribution in [-0.2, 0) is 0 Å². The first-order chi connectivity index (χ1) is 2.71. The molecule has 0 aromatic heterocycles. The molecule has 0 aliphatic heterocycles. The number of hydrogen-bond donors (Lipinski definition) is 0. The van der Waals surface area contributed by atoms with E-state index in [1.54, 1.807) is 0 Å². The average molecular weight is 81.1 g/mol. The molecule has 1 aliphatic carbocycles. The van der Waals surface area contributed by atoms with Crippen LogP contribution in [0.3, 0.4) is 0 Å². The van der Waals surface area contributed by atoms with Gasteiger partial charge < -0.3 is 0 Å². The van der Waals surface area contributed by atoms with Gasteiger partial charge >= 0.3 is 0 Å². The first-order valence-electron chi connectivity index (χ1n) is 2.24. The minimum Gasteiger partial charge on any atom is -0.0834 e. The lowest BCUT2D eigenvalue weighted by atomic mass is 9.81. The van der Waals surface area contributed by atoms with Gasteiger partial charge in [-0.1, -0.05) is 26.0 Å². The zero-order valence-electron chi connectivity index (χ0n) is 4.23. The van der Waals surface area contributed by atoms with E-state index in [9.17, 15) is 0 Å². The van der Waals surface area contributed by atoms with Crippen molar-refractivity contribution in [2.45, 2.75) is 13.8 Å². The molecule has 0 amide bonds. The third-order valence-corrected chi connectivity index (χ3v) is 1.05. The van der Waals surface area contributed by atoms with E-state index >= 15 is 0 Å². The highest BCUT2D eigenvalue weighted by atomic mass is 14.2. The zero-order chi connectivity index (χ0) is 4.62. The Bertz CT molecular complexity index is 78.0. The van der Waals surface area contributed by atoms with E-state index in [0.29, 0.717) is 5.41 Å². The van der Waals surface area contributed by atoms with Gasteiger partial charge in [-0.05, 0) is 11.8 Å². The third-order valence-electron chi connectivity index (χ3n) is 1.05. The van der Waals surface area contributed by atoms with Gasteiger partial charge in [-0.15, -0.1) is 0 Å². The van der Waals surface area contributed by atoms with Crippen LogP contribution in [0, 0.1) is 11.8 Å². The van der Waals surface area contributed by atoms with Crippen LogP contribution in [0.1, 0.15) is 13.8 Å². The van der Waals surface area contributed by atoms with Crippen LogP contribution < -0.4 is 0 Å². The summed E-state index contributed by atoms with van der Waals surface area (Å²) >= 11 is 0. The number of allylic oxidation sites excluding steroid dienone is 2. The van der Waals surface area contributed by atoms with Crippen molar-refractivity contribution in [2.75, 3.05) is 0 Å². The van der Waals surface area contributed by atoms with Crippen molar-refractivity contribution in [3.63, 3.8) is 0 Å². The SMILES string of the molecule is CC1(C)[CH]C=C1. The molecule has 0 saturated carbocycles. The lowest BCUT2D eigenvalue weighted by Crippen LogP contribution is -2.13. The first kappa shape index (κ1) is 3.91. The van der Waals surface area contributed by atoms with E-state index < -0.39 is 0 Å². The third kappa shape index (κ3) is 0.469. The Morgan fingerprint density at radius 3 is 1.67 bits per heavy atom. The summed E-state index contributed by atoms with van der Waals surface area (Å²) in [6, 6.07) is 0. The second-order valence-corrected chi connectivity index (χ2v) is 2.35. The lowest BCUT2D eigenvalue weighted by Gasteiger charge is -2.24. The molecule has 6 heavy (non-hydrogen) atoms. The molecule has 1 rings (SSSR count). The molecule has 0 nitrogen and oxygen atoms in total. The zero-order valence-corrected chi connectivity index (χ0v) is 4.23. The minimum atomic E-state index is 0.417. The summed E-state index contributed by atoms with van der Waals surface area (Å²) in [4.78, 5) is 0. The van der Waals surface area contributed by atoms with E-state index in [1.807, 2.05) is 0 Å². The van der Waals surface area contributed by atoms with Gasteiger partial charge in [0.2, 0.25) is 0 Å². The quantitative estimate of drug-likeness (QED) is 0.417. The summed E-state index contributed by atoms with van der Waals surface area (Å²) in [6.07, 6.45) is 6.46. The standard InChI is InChI=1S/C6H9/c1-6(2)4-3-5-6/h3-5H,1-2H3. The molecular formula is C6H9. The van der Waals surface area contributed by atoms with Gasteiger partial charge in [-0.25, -0.2) is 0 Å². The summed E-state index contributed by atoms with van der Waals surface area (Å²) in [5.41, 5.74) is 0.417. The Balaban J connectivity index is 2.57. The molecule has 0 aromatic rings. The van der Waals surface area contributed by atoms with Crippen molar-refractivity contribution in [1.82, 2.24) is 0 Å². The van der Waals surface area contributed by atoms with Gasteiger partial charge in [-0.2, -0.15) is 0 Å². The fraction of sp³-hybridized carbons (Fsp3) is 0.500. The van der Waals surface area contributed by atoms with Crippen LogP contribution >= 0.6 is 0 Å². The topological polar surface area (TPSA) is 0 Å². The molecule has 0 unspecified atom stereocenters. The van der Waals surface area contributed by atoms with Crippen molar-refractivity contribution in [3.05, 3.63) is 18.6 Å². The maximum atomic E-state index is 2.19. The van der Waals surface area contributed by atoms with Crippen molar-refractivity contribution in [2.24, 2.45) is 5.41 Å². The summed E-state index contributed by atoms with van der Waals surface area (Å²) < 4.78 is 0. The van der Waals surface area contributed by atoms with Crippen molar-refractivity contribution in [3.8, 4) is 0 Å². The molecular weight excluding hydrogens is 72.1 g/mol. The second kappa shape index (κ2) is 0.868. The molecule has 0 aromatic carbocycles. The van der Waals surface area contributed by atoms with Crippen LogP contribution in [0.4, 0.5) is 0 Å². The van der Waals surface area contributed by atoms with Crippen LogP contribution in [-0.4, -0.2) is 0 Å². The summed E-state index contributed by atoms with van der Waals surface area (Å²) in [7, 11) is 0. The fourth-order valence-corrected chi connectivity index (χ4v) is 0.481. The molecule has 1 radical (unpaired) electrons. The van der Waals surface area contributed by atoms with Crippen LogP contribution in [0.2, 0.25) is 0 Å². The summed E-state index contributed by atoms with van der Waals surface area (Å²) in [5.74, 6) is 0. The predicted molar refractivity (Wildman–Crippen MR) is 27.2 cm³/mol. The normalized spacial score (nSPS) is 26.3. The fourth-order valence-electron chi connectivity index (χ4n) is 0.481. The van der Waals surface area contributed by atoms with Crippen LogP contribution in [0.5, 0.6) is 0 Å². The number of hydrogen-bond acceptors (Lipinski definition) is 0. The molecule has 0 spiro atoms. The minimum absolute atomic E-state index is 0.417. The molecule has 0 heterocycles. The summed E-state index contributed by atoms with van der Waals surface area (Å²) in [6.45, 7) is 4.38. The molecule has 0 bridgehead atoms. The Labute approximate surface area is 38.9 Å². The molecule has 0 atom stereocenters. The highest BCUT2D eigenvalue weighted by Crippen LogP contribution is 2.29. The van der Waals surface area contributed by atoms with Crippen molar-refractivity contribution >= 4 is 0 Å². The Morgan fingerprint density at radius 1 is 1.33 bits per heavy atom. The molecule has 33 valence electrons. The van der Waals surface area contributed by atoms with Gasteiger partial charge in [0.05, 0.1) is 0 Å². The van der Waals surface area contributed by atoms with Gasteiger partial charge in [0.15, 0.2) is 0 Å². The van der Waals surface area contributed by atoms with Gasteiger partial charge in [0.1, 0.15) is 0 Å². The van der Waals surface area contributed by atoms with E-state index in [4.69, 9.17) is 0 Å². The average Bonchev–Trinajstić information content (AvgIpc) is 1.32. The second-order valence-electron chi connectivity index (χ2n) is 2.35. The highest BCUT2D eigenvalue weighted by Gasteiger charge is 2.17. The highest BCUT2D eigenvalue weighted by molar-refractivity contribution is 5.22. The Morgan fingerprint density at radius 2 is 1.67 bits per heavy atom. The van der Waals surface area contributed by atoms with E-state index in [2.05, 4.69) is 32.4 Å². The Kier molecular flexibility index (Phi) is 0.566. The maximum Gasteiger partial charge on any atom is -0.00762 e. The monoisotopic (exact) mass is 81.1 g/mol. The molecule has 0 saturated heterocycles. The van der Waals surface area contributed by atoms with Gasteiger partial charge in [0.25, 0.3) is 0 Å². The largest absolute Gasteiger partial charge is 0.0834 e. The van der Waals surface area contributed by atoms with Crippen molar-refractivity contribution in [1.29, 1.82) is 0 Å². The van der Waals surface area contributed by atoms with Crippen molar-refractivity contribution < 1.29 is 0 Å². The lowest BCUT2D eigenvalue weighted by molar-refractivity contribution is 0.550. The van der Waals surface area contributed by atoms with E-state index in [-0.39, 0.29) is 0 Å². The maximum absolute atomic E-state index is 2.19. The Hall–Kier alpha value is -0.260. The van der Waals surface area contributed by atoms with E-state index in [0.717, 1.165) is 0 Å². The number of rotatable bonds is 0. The molecule has 0 heteroatoms. The van der Waals surface area contributed by atoms with Gasteiger partial charge in [-0.3, -0.25) is 0 Å². The summed E-state index contributed by atoms with van der Waals surface area (Å²) in [5, 5.41) is 0. The molecule has 0 N–H and O–H groups in total. The first-order valence-corrected chi connectivity index (χ1v) is 2.24.